The second-order valence-electron chi connectivity index (χ2n) is 3.82. The molecule has 0 aliphatic heterocycles. The molecule has 0 radical (unpaired) electrons. The van der Waals surface area contributed by atoms with Gasteiger partial charge in [0.1, 0.15) is 18.1 Å². The van der Waals surface area contributed by atoms with Crippen molar-refractivity contribution in [2.24, 2.45) is 7.05 Å². The van der Waals surface area contributed by atoms with Crippen molar-refractivity contribution in [3.05, 3.63) is 43.0 Å². The number of aryl methyl sites for hydroxylation is 1. The molecule has 0 unspecified atom stereocenters. The van der Waals surface area contributed by atoms with Gasteiger partial charge >= 0.3 is 0 Å². The number of anilines is 1. The van der Waals surface area contributed by atoms with Gasteiger partial charge in [0.25, 0.3) is 5.91 Å². The number of para-hydroxylation sites is 2. The SMILES string of the molecule is C[n+]1ccn(CC(=O)Nc2ccccc2O)c1. The topological polar surface area (TPSA) is 58.1 Å². The lowest BCUT2D eigenvalue weighted by molar-refractivity contribution is -0.671. The van der Waals surface area contributed by atoms with Crippen molar-refractivity contribution in [3.8, 4) is 5.75 Å². The van der Waals surface area contributed by atoms with E-state index < -0.39 is 0 Å². The smallest absolute Gasteiger partial charge is 0.266 e. The van der Waals surface area contributed by atoms with E-state index in [0.717, 1.165) is 0 Å². The summed E-state index contributed by atoms with van der Waals surface area (Å²) in [6, 6.07) is 6.65. The van der Waals surface area contributed by atoms with Crippen LogP contribution in [0.1, 0.15) is 0 Å². The number of phenols is 1. The first-order valence-corrected chi connectivity index (χ1v) is 5.24. The zero-order valence-corrected chi connectivity index (χ0v) is 9.50. The van der Waals surface area contributed by atoms with Gasteiger partial charge in [0.05, 0.1) is 12.7 Å². The van der Waals surface area contributed by atoms with Crippen molar-refractivity contribution in [2.75, 3.05) is 5.32 Å². The lowest BCUT2D eigenvalue weighted by Gasteiger charge is -2.05. The Morgan fingerprint density at radius 2 is 2.24 bits per heavy atom. The predicted molar refractivity (Wildman–Crippen MR) is 62.3 cm³/mol. The van der Waals surface area contributed by atoms with Gasteiger partial charge in [0.2, 0.25) is 6.33 Å². The largest absolute Gasteiger partial charge is 0.506 e. The van der Waals surface area contributed by atoms with Crippen molar-refractivity contribution >= 4 is 11.6 Å². The molecule has 0 spiro atoms. The number of carbonyl (C=O) groups is 1. The van der Waals surface area contributed by atoms with Crippen LogP contribution < -0.4 is 9.88 Å². The molecule has 5 nitrogen and oxygen atoms in total. The highest BCUT2D eigenvalue weighted by Crippen LogP contribution is 2.21. The summed E-state index contributed by atoms with van der Waals surface area (Å²) in [6.07, 6.45) is 5.47. The Morgan fingerprint density at radius 3 is 2.88 bits per heavy atom. The maximum absolute atomic E-state index is 11.7. The quantitative estimate of drug-likeness (QED) is 0.603. The second kappa shape index (κ2) is 4.69. The fourth-order valence-electron chi connectivity index (χ4n) is 1.53. The Morgan fingerprint density at radius 1 is 1.47 bits per heavy atom. The monoisotopic (exact) mass is 232 g/mol. The summed E-state index contributed by atoms with van der Waals surface area (Å²) in [5.41, 5.74) is 0.425. The Bertz CT molecular complexity index is 534. The highest BCUT2D eigenvalue weighted by Gasteiger charge is 2.09. The van der Waals surface area contributed by atoms with E-state index in [2.05, 4.69) is 5.32 Å². The molecule has 2 rings (SSSR count). The number of benzene rings is 1. The molecule has 1 heterocycles. The molecule has 0 aliphatic rings. The molecule has 88 valence electrons. The second-order valence-corrected chi connectivity index (χ2v) is 3.82. The van der Waals surface area contributed by atoms with Gasteiger partial charge in [0.15, 0.2) is 6.54 Å². The van der Waals surface area contributed by atoms with Gasteiger partial charge in [-0.3, -0.25) is 4.79 Å². The van der Waals surface area contributed by atoms with Gasteiger partial charge in [-0.05, 0) is 12.1 Å². The fraction of sp³-hybridized carbons (Fsp3) is 0.167. The van der Waals surface area contributed by atoms with Crippen LogP contribution in [0.2, 0.25) is 0 Å². The third kappa shape index (κ3) is 2.84. The average molecular weight is 232 g/mol. The van der Waals surface area contributed by atoms with E-state index in [1.165, 1.54) is 6.07 Å². The van der Waals surface area contributed by atoms with E-state index in [9.17, 15) is 9.90 Å². The summed E-state index contributed by atoms with van der Waals surface area (Å²) in [6.45, 7) is 0.217. The minimum atomic E-state index is -0.178. The molecule has 17 heavy (non-hydrogen) atoms. The molecule has 2 aromatic rings. The Balaban J connectivity index is 2.01. The van der Waals surface area contributed by atoms with Gasteiger partial charge in [-0.15, -0.1) is 0 Å². The third-order valence-electron chi connectivity index (χ3n) is 2.33. The summed E-state index contributed by atoms with van der Waals surface area (Å²) in [4.78, 5) is 11.7. The first-order valence-electron chi connectivity index (χ1n) is 5.24. The zero-order valence-electron chi connectivity index (χ0n) is 9.50. The number of aromatic nitrogens is 2. The van der Waals surface area contributed by atoms with Gasteiger partial charge in [-0.25, -0.2) is 9.13 Å². The highest BCUT2D eigenvalue weighted by molar-refractivity contribution is 5.91. The van der Waals surface area contributed by atoms with Crippen LogP contribution in [0.25, 0.3) is 0 Å². The number of imidazole rings is 1. The predicted octanol–water partition coefficient (Wildman–Crippen LogP) is 0.657. The van der Waals surface area contributed by atoms with Gasteiger partial charge < -0.3 is 10.4 Å². The van der Waals surface area contributed by atoms with Crippen LogP contribution in [0.4, 0.5) is 5.69 Å². The minimum absolute atomic E-state index is 0.0684. The van der Waals surface area contributed by atoms with E-state index in [-0.39, 0.29) is 18.2 Å². The number of hydrogen-bond donors (Lipinski definition) is 2. The molecule has 0 saturated carbocycles. The van der Waals surface area contributed by atoms with Crippen molar-refractivity contribution in [1.82, 2.24) is 4.57 Å². The molecule has 0 aliphatic carbocycles. The van der Waals surface area contributed by atoms with Crippen LogP contribution in [-0.4, -0.2) is 15.6 Å². The normalized spacial score (nSPS) is 10.2. The molecule has 0 atom stereocenters. The number of nitrogens with one attached hydrogen (secondary N) is 1. The summed E-state index contributed by atoms with van der Waals surface area (Å²) >= 11 is 0. The number of hydrogen-bond acceptors (Lipinski definition) is 2. The Kier molecular flexibility index (Phi) is 3.09. The summed E-state index contributed by atoms with van der Waals surface area (Å²) < 4.78 is 3.61. The first kappa shape index (κ1) is 11.2. The van der Waals surface area contributed by atoms with Crippen molar-refractivity contribution < 1.29 is 14.5 Å². The number of phenolic OH excluding ortho intramolecular Hbond substituents is 1. The van der Waals surface area contributed by atoms with Crippen molar-refractivity contribution in [2.45, 2.75) is 6.54 Å². The van der Waals surface area contributed by atoms with Crippen LogP contribution in [-0.2, 0) is 18.4 Å². The van der Waals surface area contributed by atoms with E-state index in [1.807, 2.05) is 30.3 Å². The number of rotatable bonds is 3. The lowest BCUT2D eigenvalue weighted by atomic mass is 10.3. The Hall–Kier alpha value is -2.30. The van der Waals surface area contributed by atoms with E-state index in [0.29, 0.717) is 5.69 Å². The first-order chi connectivity index (χ1) is 8.15. The minimum Gasteiger partial charge on any atom is -0.506 e. The third-order valence-corrected chi connectivity index (χ3v) is 2.33. The molecule has 0 saturated heterocycles. The van der Waals surface area contributed by atoms with Crippen LogP contribution in [0.3, 0.4) is 0 Å². The van der Waals surface area contributed by atoms with Crippen LogP contribution >= 0.6 is 0 Å². The molecule has 0 fully saturated rings. The number of amides is 1. The standard InChI is InChI=1S/C12H13N3O2/c1-14-6-7-15(9-14)8-12(17)13-10-4-2-3-5-11(10)16/h2-7,9H,8H2,1H3,(H-,13,16,17)/p+1. The van der Waals surface area contributed by atoms with E-state index in [1.54, 1.807) is 22.8 Å². The Labute approximate surface area is 98.9 Å². The number of carbonyl (C=O) groups excluding carboxylic acids is 1. The van der Waals surface area contributed by atoms with Crippen LogP contribution in [0.5, 0.6) is 5.75 Å². The van der Waals surface area contributed by atoms with Crippen LogP contribution in [0.15, 0.2) is 43.0 Å². The highest BCUT2D eigenvalue weighted by atomic mass is 16.3. The average Bonchev–Trinajstić information content (AvgIpc) is 2.67. The van der Waals surface area contributed by atoms with E-state index >= 15 is 0 Å². The molecular formula is C12H14N3O2+. The summed E-state index contributed by atoms with van der Waals surface area (Å²) in [7, 11) is 1.89. The summed E-state index contributed by atoms with van der Waals surface area (Å²) in [5.74, 6) is -0.110. The van der Waals surface area contributed by atoms with E-state index in [4.69, 9.17) is 0 Å². The van der Waals surface area contributed by atoms with Crippen LogP contribution in [0, 0.1) is 0 Å². The van der Waals surface area contributed by atoms with Gasteiger partial charge in [0, 0.05) is 0 Å². The molecular weight excluding hydrogens is 218 g/mol. The molecule has 1 aromatic carbocycles. The van der Waals surface area contributed by atoms with Crippen molar-refractivity contribution in [3.63, 3.8) is 0 Å². The zero-order chi connectivity index (χ0) is 12.3. The van der Waals surface area contributed by atoms with Gasteiger partial charge in [-0.1, -0.05) is 12.1 Å². The molecule has 2 N–H and O–H groups in total. The maximum atomic E-state index is 11.7. The van der Waals surface area contributed by atoms with Gasteiger partial charge in [-0.2, -0.15) is 0 Å². The summed E-state index contributed by atoms with van der Waals surface area (Å²) in [5, 5.41) is 12.2. The molecule has 1 aromatic heterocycles. The number of aromatic hydroxyl groups is 1. The number of nitrogens with zero attached hydrogens (tertiary/aromatic N) is 2. The lowest BCUT2D eigenvalue weighted by Crippen LogP contribution is -2.25. The van der Waals surface area contributed by atoms with Crippen molar-refractivity contribution in [1.29, 1.82) is 0 Å². The molecule has 1 amide bonds. The maximum Gasteiger partial charge on any atom is 0.266 e. The molecule has 0 bridgehead atoms. The molecule has 5 heteroatoms. The fourth-order valence-corrected chi connectivity index (χ4v) is 1.53.